The molecule has 0 aliphatic rings. The van der Waals surface area contributed by atoms with Crippen LogP contribution in [-0.4, -0.2) is 38.7 Å². The number of amides is 1. The molecule has 1 amide bonds. The minimum Gasteiger partial charge on any atom is -0.480 e. The minimum absolute atomic E-state index is 0.287. The van der Waals surface area contributed by atoms with Crippen LogP contribution in [0.3, 0.4) is 0 Å². The number of hydrogen-bond donors (Lipinski definition) is 2. The van der Waals surface area contributed by atoms with Crippen LogP contribution in [0.2, 0.25) is 0 Å². The van der Waals surface area contributed by atoms with Gasteiger partial charge >= 0.3 is 5.97 Å². The fourth-order valence-electron chi connectivity index (χ4n) is 1.63. The zero-order valence-corrected chi connectivity index (χ0v) is 12.0. The normalized spacial score (nSPS) is 14.2. The molecular weight excluding hydrogens is 304 g/mol. The number of carbonyl (C=O) groups excluding carboxylic acids is 1. The summed E-state index contributed by atoms with van der Waals surface area (Å²) in [7, 11) is -2.10. The molecule has 8 heteroatoms. The fourth-order valence-corrected chi connectivity index (χ4v) is 2.92. The van der Waals surface area contributed by atoms with Crippen molar-refractivity contribution >= 4 is 22.7 Å². The van der Waals surface area contributed by atoms with E-state index in [4.69, 9.17) is 5.11 Å². The van der Waals surface area contributed by atoms with Gasteiger partial charge in [-0.25, -0.2) is 13.6 Å². The molecule has 0 saturated heterocycles. The Morgan fingerprint density at radius 2 is 1.90 bits per heavy atom. The van der Waals surface area contributed by atoms with Gasteiger partial charge in [-0.3, -0.25) is 9.00 Å². The van der Waals surface area contributed by atoms with Crippen LogP contribution in [0.25, 0.3) is 0 Å². The number of aliphatic carboxylic acids is 1. The van der Waals surface area contributed by atoms with Crippen LogP contribution in [-0.2, 0) is 26.3 Å². The van der Waals surface area contributed by atoms with Crippen LogP contribution in [0.1, 0.15) is 12.5 Å². The Morgan fingerprint density at radius 1 is 1.33 bits per heavy atom. The number of nitrogens with one attached hydrogen (secondary N) is 1. The Morgan fingerprint density at radius 3 is 2.38 bits per heavy atom. The summed E-state index contributed by atoms with van der Waals surface area (Å²) in [6, 6.07) is 5.41. The molecule has 0 aliphatic heterocycles. The molecule has 21 heavy (non-hydrogen) atoms. The third-order valence-electron chi connectivity index (χ3n) is 2.57. The molecular formula is C13H15F2NO4S. The van der Waals surface area contributed by atoms with Gasteiger partial charge in [0.15, 0.2) is 0 Å². The molecule has 1 aromatic carbocycles. The van der Waals surface area contributed by atoms with Crippen LogP contribution in [0.5, 0.6) is 0 Å². The number of benzene rings is 1. The number of hydrogen-bond acceptors (Lipinski definition) is 3. The highest BCUT2D eigenvalue weighted by Gasteiger charge is 2.35. The van der Waals surface area contributed by atoms with Gasteiger partial charge in [0.1, 0.15) is 6.04 Å². The van der Waals surface area contributed by atoms with Gasteiger partial charge in [0.25, 0.3) is 5.92 Å². The van der Waals surface area contributed by atoms with Crippen molar-refractivity contribution in [3.8, 4) is 0 Å². The lowest BCUT2D eigenvalue weighted by Gasteiger charge is -2.18. The van der Waals surface area contributed by atoms with Gasteiger partial charge in [0, 0.05) is 23.3 Å². The lowest BCUT2D eigenvalue weighted by atomic mass is 10.1. The van der Waals surface area contributed by atoms with E-state index in [1.807, 2.05) is 0 Å². The molecule has 0 saturated carbocycles. The second-order valence-corrected chi connectivity index (χ2v) is 5.91. The van der Waals surface area contributed by atoms with Gasteiger partial charge in [0.2, 0.25) is 5.91 Å². The van der Waals surface area contributed by atoms with E-state index in [-0.39, 0.29) is 5.56 Å². The first kappa shape index (κ1) is 17.2. The zero-order valence-electron chi connectivity index (χ0n) is 11.2. The Hall–Kier alpha value is -1.83. The molecule has 0 fully saturated rings. The van der Waals surface area contributed by atoms with E-state index in [1.54, 1.807) is 6.07 Å². The maximum Gasteiger partial charge on any atom is 0.327 e. The van der Waals surface area contributed by atoms with Crippen molar-refractivity contribution in [3.63, 3.8) is 0 Å². The molecule has 0 radical (unpaired) electrons. The smallest absolute Gasteiger partial charge is 0.327 e. The first-order valence-corrected chi connectivity index (χ1v) is 7.49. The second kappa shape index (κ2) is 7.26. The van der Waals surface area contributed by atoms with Crippen molar-refractivity contribution in [1.29, 1.82) is 0 Å². The van der Waals surface area contributed by atoms with Crippen LogP contribution in [0.4, 0.5) is 8.78 Å². The van der Waals surface area contributed by atoms with E-state index >= 15 is 0 Å². The third kappa shape index (κ3) is 5.58. The molecule has 2 unspecified atom stereocenters. The summed E-state index contributed by atoms with van der Waals surface area (Å²) in [6.45, 7) is 1.09. The quantitative estimate of drug-likeness (QED) is 0.789. The van der Waals surface area contributed by atoms with Crippen LogP contribution >= 0.6 is 0 Å². The van der Waals surface area contributed by atoms with Crippen molar-refractivity contribution in [2.24, 2.45) is 0 Å². The Labute approximate surface area is 122 Å². The van der Waals surface area contributed by atoms with Crippen LogP contribution in [0, 0.1) is 0 Å². The molecule has 116 valence electrons. The summed E-state index contributed by atoms with van der Waals surface area (Å²) in [6.07, 6.45) is 0. The summed E-state index contributed by atoms with van der Waals surface area (Å²) < 4.78 is 39.5. The molecule has 0 bridgehead atoms. The van der Waals surface area contributed by atoms with Crippen LogP contribution < -0.4 is 5.32 Å². The zero-order chi connectivity index (χ0) is 16.0. The van der Waals surface area contributed by atoms with E-state index in [2.05, 4.69) is 5.32 Å². The monoisotopic (exact) mass is 319 g/mol. The van der Waals surface area contributed by atoms with Crippen molar-refractivity contribution in [2.75, 3.05) is 11.5 Å². The molecule has 0 heterocycles. The van der Waals surface area contributed by atoms with E-state index in [9.17, 15) is 22.6 Å². The summed E-state index contributed by atoms with van der Waals surface area (Å²) in [5.74, 6) is -6.95. The Balaban J connectivity index is 2.71. The van der Waals surface area contributed by atoms with Crippen molar-refractivity contribution in [3.05, 3.63) is 35.9 Å². The minimum atomic E-state index is -3.33. The van der Waals surface area contributed by atoms with E-state index < -0.39 is 46.1 Å². The molecule has 2 atom stereocenters. The second-order valence-electron chi connectivity index (χ2n) is 4.41. The van der Waals surface area contributed by atoms with Gasteiger partial charge < -0.3 is 10.4 Å². The lowest BCUT2D eigenvalue weighted by Crippen LogP contribution is -2.44. The van der Waals surface area contributed by atoms with Gasteiger partial charge in [-0.1, -0.05) is 30.3 Å². The average molecular weight is 319 g/mol. The van der Waals surface area contributed by atoms with Crippen molar-refractivity contribution < 1.29 is 27.7 Å². The Bertz CT molecular complexity index is 536. The topological polar surface area (TPSA) is 83.5 Å². The molecule has 5 nitrogen and oxygen atoms in total. The summed E-state index contributed by atoms with van der Waals surface area (Å²) >= 11 is 0. The van der Waals surface area contributed by atoms with Crippen LogP contribution in [0.15, 0.2) is 30.3 Å². The predicted molar refractivity (Wildman–Crippen MR) is 73.5 cm³/mol. The summed E-state index contributed by atoms with van der Waals surface area (Å²) in [5, 5.41) is 10.9. The standard InChI is InChI=1S/C13H15F2NO4S/c1-9(17)16-11(12(18)19)7-21(20)8-13(14,15)10-5-3-2-4-6-10/h2-6,11H,7-8H2,1H3,(H,16,17)(H,18,19). The summed E-state index contributed by atoms with van der Waals surface area (Å²) in [5.41, 5.74) is -0.287. The first-order valence-electron chi connectivity index (χ1n) is 6.00. The average Bonchev–Trinajstić information content (AvgIpc) is 2.37. The molecule has 0 spiro atoms. The highest BCUT2D eigenvalue weighted by molar-refractivity contribution is 7.85. The first-order chi connectivity index (χ1) is 9.72. The molecule has 0 aliphatic carbocycles. The third-order valence-corrected chi connectivity index (χ3v) is 3.96. The van der Waals surface area contributed by atoms with Gasteiger partial charge in [0.05, 0.1) is 11.5 Å². The maximum atomic E-state index is 13.9. The van der Waals surface area contributed by atoms with E-state index in [0.29, 0.717) is 0 Å². The molecule has 1 aromatic rings. The SMILES string of the molecule is CC(=O)NC(CS(=O)CC(F)(F)c1ccccc1)C(=O)O. The highest BCUT2D eigenvalue weighted by atomic mass is 32.2. The molecule has 0 aromatic heterocycles. The fraction of sp³-hybridized carbons (Fsp3) is 0.385. The number of carboxylic acids is 1. The van der Waals surface area contributed by atoms with E-state index in [1.165, 1.54) is 24.3 Å². The number of carbonyl (C=O) groups is 2. The van der Waals surface area contributed by atoms with Crippen molar-refractivity contribution in [2.45, 2.75) is 18.9 Å². The predicted octanol–water partition coefficient (Wildman–Crippen LogP) is 1.12. The van der Waals surface area contributed by atoms with E-state index in [0.717, 1.165) is 6.92 Å². The Kier molecular flexibility index (Phi) is 5.95. The molecule has 1 rings (SSSR count). The van der Waals surface area contributed by atoms with Crippen molar-refractivity contribution in [1.82, 2.24) is 5.32 Å². The number of carboxylic acid groups (broad SMARTS) is 1. The number of halogens is 2. The van der Waals surface area contributed by atoms with Gasteiger partial charge in [-0.15, -0.1) is 0 Å². The van der Waals surface area contributed by atoms with Gasteiger partial charge in [-0.2, -0.15) is 0 Å². The lowest BCUT2D eigenvalue weighted by molar-refractivity contribution is -0.140. The van der Waals surface area contributed by atoms with Gasteiger partial charge in [-0.05, 0) is 0 Å². The number of alkyl halides is 2. The largest absolute Gasteiger partial charge is 0.480 e. The molecule has 2 N–H and O–H groups in total. The number of rotatable bonds is 7. The maximum absolute atomic E-state index is 13.9. The summed E-state index contributed by atoms with van der Waals surface area (Å²) in [4.78, 5) is 21.7. The highest BCUT2D eigenvalue weighted by Crippen LogP contribution is 2.28.